The van der Waals surface area contributed by atoms with Gasteiger partial charge < -0.3 is 10.6 Å². The third-order valence-electron chi connectivity index (χ3n) is 2.95. The highest BCUT2D eigenvalue weighted by Crippen LogP contribution is 2.30. The van der Waals surface area contributed by atoms with Crippen molar-refractivity contribution in [3.63, 3.8) is 0 Å². The Bertz CT molecular complexity index is 140. The normalized spacial score (nSPS) is 28.8. The largest absolute Gasteiger partial charge is 0.330 e. The molecule has 1 saturated carbocycles. The van der Waals surface area contributed by atoms with Crippen LogP contribution in [-0.2, 0) is 0 Å². The number of piperidine rings is 1. The molecule has 0 amide bonds. The van der Waals surface area contributed by atoms with E-state index in [9.17, 15) is 0 Å². The van der Waals surface area contributed by atoms with Crippen LogP contribution in [0.2, 0.25) is 0 Å². The van der Waals surface area contributed by atoms with Gasteiger partial charge in [0.2, 0.25) is 0 Å². The minimum Gasteiger partial charge on any atom is -0.330 e. The average molecular weight is 227 g/mol. The smallest absolute Gasteiger partial charge is 0.00965 e. The first-order chi connectivity index (χ1) is 5.40. The third kappa shape index (κ3) is 3.62. The van der Waals surface area contributed by atoms with Gasteiger partial charge in [0.15, 0.2) is 0 Å². The molecule has 1 saturated heterocycles. The average Bonchev–Trinajstić information content (AvgIpc) is 2.87. The van der Waals surface area contributed by atoms with E-state index in [1.165, 1.54) is 38.8 Å². The molecular weight excluding hydrogens is 207 g/mol. The van der Waals surface area contributed by atoms with Gasteiger partial charge in [0, 0.05) is 12.6 Å². The number of likely N-dealkylation sites (tertiary alicyclic amines) is 1. The fourth-order valence-electron chi connectivity index (χ4n) is 2.06. The predicted octanol–water partition coefficient (Wildman–Crippen LogP) is 1.66. The predicted molar refractivity (Wildman–Crippen MR) is 60.9 cm³/mol. The number of nitrogens with zero attached hydrogens (tertiary/aromatic N) is 1. The summed E-state index contributed by atoms with van der Waals surface area (Å²) in [5.74, 6) is 0.796. The van der Waals surface area contributed by atoms with E-state index in [1.54, 1.807) is 0 Å². The molecule has 0 radical (unpaired) electrons. The number of hydrogen-bond acceptors (Lipinski definition) is 2. The van der Waals surface area contributed by atoms with Gasteiger partial charge in [-0.1, -0.05) is 0 Å². The second kappa shape index (κ2) is 6.07. The molecule has 0 aromatic heterocycles. The van der Waals surface area contributed by atoms with Crippen molar-refractivity contribution in [2.45, 2.75) is 31.7 Å². The van der Waals surface area contributed by atoms with Crippen LogP contribution in [0.25, 0.3) is 0 Å². The van der Waals surface area contributed by atoms with E-state index < -0.39 is 0 Å². The van der Waals surface area contributed by atoms with Gasteiger partial charge in [-0.15, -0.1) is 24.8 Å². The number of halogens is 2. The van der Waals surface area contributed by atoms with Crippen LogP contribution in [0.5, 0.6) is 0 Å². The second-order valence-corrected chi connectivity index (χ2v) is 3.97. The third-order valence-corrected chi connectivity index (χ3v) is 2.95. The molecule has 2 aliphatic rings. The summed E-state index contributed by atoms with van der Waals surface area (Å²) < 4.78 is 0. The quantitative estimate of drug-likeness (QED) is 0.777. The van der Waals surface area contributed by atoms with Gasteiger partial charge in [-0.3, -0.25) is 0 Å². The van der Waals surface area contributed by atoms with Crippen molar-refractivity contribution in [3.8, 4) is 0 Å². The Morgan fingerprint density at radius 1 is 1.15 bits per heavy atom. The Balaban J connectivity index is 0.000000720. The van der Waals surface area contributed by atoms with Crippen LogP contribution in [0.1, 0.15) is 25.7 Å². The zero-order valence-corrected chi connectivity index (χ0v) is 9.58. The summed E-state index contributed by atoms with van der Waals surface area (Å²) in [4.78, 5) is 2.64. The maximum Gasteiger partial charge on any atom is 0.00965 e. The molecule has 0 spiro atoms. The van der Waals surface area contributed by atoms with Crippen LogP contribution >= 0.6 is 24.8 Å². The van der Waals surface area contributed by atoms with Crippen LogP contribution in [0.3, 0.4) is 0 Å². The molecule has 13 heavy (non-hydrogen) atoms. The van der Waals surface area contributed by atoms with Crippen LogP contribution in [0.4, 0.5) is 0 Å². The van der Waals surface area contributed by atoms with Gasteiger partial charge in [-0.05, 0) is 44.7 Å². The Hall–Kier alpha value is 0.500. The molecule has 1 aliphatic heterocycles. The Morgan fingerprint density at radius 2 is 1.85 bits per heavy atom. The summed E-state index contributed by atoms with van der Waals surface area (Å²) >= 11 is 0. The topological polar surface area (TPSA) is 29.3 Å². The van der Waals surface area contributed by atoms with Crippen molar-refractivity contribution in [2.24, 2.45) is 11.7 Å². The van der Waals surface area contributed by atoms with Gasteiger partial charge in [0.1, 0.15) is 0 Å². The van der Waals surface area contributed by atoms with Gasteiger partial charge >= 0.3 is 0 Å². The molecule has 1 atom stereocenters. The Labute approximate surface area is 93.1 Å². The van der Waals surface area contributed by atoms with E-state index >= 15 is 0 Å². The molecule has 0 aromatic rings. The van der Waals surface area contributed by atoms with Crippen LogP contribution in [0.15, 0.2) is 0 Å². The molecule has 0 bridgehead atoms. The SMILES string of the molecule is Cl.Cl.NCC1CCCN(C2CC2)C1. The highest BCUT2D eigenvalue weighted by atomic mass is 35.5. The lowest BCUT2D eigenvalue weighted by molar-refractivity contribution is 0.170. The van der Waals surface area contributed by atoms with Gasteiger partial charge in [-0.25, -0.2) is 0 Å². The molecule has 2 fully saturated rings. The second-order valence-electron chi connectivity index (χ2n) is 3.97. The van der Waals surface area contributed by atoms with E-state index in [0.717, 1.165) is 18.5 Å². The fraction of sp³-hybridized carbons (Fsp3) is 1.00. The van der Waals surface area contributed by atoms with E-state index in [1.807, 2.05) is 0 Å². The van der Waals surface area contributed by atoms with E-state index in [-0.39, 0.29) is 24.8 Å². The van der Waals surface area contributed by atoms with Crippen molar-refractivity contribution in [1.82, 2.24) is 4.90 Å². The van der Waals surface area contributed by atoms with Gasteiger partial charge in [0.05, 0.1) is 0 Å². The number of rotatable bonds is 2. The minimum atomic E-state index is 0. The van der Waals surface area contributed by atoms with Crippen LogP contribution in [-0.4, -0.2) is 30.6 Å². The molecule has 4 heteroatoms. The summed E-state index contributed by atoms with van der Waals surface area (Å²) in [7, 11) is 0. The zero-order valence-electron chi connectivity index (χ0n) is 7.95. The molecule has 80 valence electrons. The highest BCUT2D eigenvalue weighted by Gasteiger charge is 2.31. The maximum absolute atomic E-state index is 5.66. The molecule has 2 rings (SSSR count). The first-order valence-electron chi connectivity index (χ1n) is 4.84. The van der Waals surface area contributed by atoms with E-state index in [2.05, 4.69) is 4.90 Å². The van der Waals surface area contributed by atoms with E-state index in [0.29, 0.717) is 0 Å². The molecule has 1 unspecified atom stereocenters. The van der Waals surface area contributed by atoms with Crippen molar-refractivity contribution in [2.75, 3.05) is 19.6 Å². The van der Waals surface area contributed by atoms with Crippen molar-refractivity contribution in [3.05, 3.63) is 0 Å². The Kier molecular flexibility index (Phi) is 6.31. The lowest BCUT2D eigenvalue weighted by atomic mass is 9.98. The van der Waals surface area contributed by atoms with Crippen molar-refractivity contribution < 1.29 is 0 Å². The summed E-state index contributed by atoms with van der Waals surface area (Å²) in [5.41, 5.74) is 5.66. The lowest BCUT2D eigenvalue weighted by Gasteiger charge is -2.31. The number of hydrogen-bond donors (Lipinski definition) is 1. The molecule has 2 N–H and O–H groups in total. The van der Waals surface area contributed by atoms with Crippen LogP contribution < -0.4 is 5.73 Å². The summed E-state index contributed by atoms with van der Waals surface area (Å²) in [6.45, 7) is 3.51. The van der Waals surface area contributed by atoms with Crippen molar-refractivity contribution >= 4 is 24.8 Å². The lowest BCUT2D eigenvalue weighted by Crippen LogP contribution is -2.39. The summed E-state index contributed by atoms with van der Waals surface area (Å²) in [6.07, 6.45) is 5.62. The first-order valence-corrected chi connectivity index (χ1v) is 4.84. The molecule has 1 heterocycles. The number of nitrogens with two attached hydrogens (primary N) is 1. The summed E-state index contributed by atoms with van der Waals surface area (Å²) in [5, 5.41) is 0. The Morgan fingerprint density at radius 3 is 2.38 bits per heavy atom. The minimum absolute atomic E-state index is 0. The van der Waals surface area contributed by atoms with Gasteiger partial charge in [0.25, 0.3) is 0 Å². The zero-order chi connectivity index (χ0) is 7.68. The molecule has 1 aliphatic carbocycles. The molecular formula is C9H20Cl2N2. The monoisotopic (exact) mass is 226 g/mol. The fourth-order valence-corrected chi connectivity index (χ4v) is 2.06. The molecule has 0 aromatic carbocycles. The first kappa shape index (κ1) is 13.5. The van der Waals surface area contributed by atoms with Gasteiger partial charge in [-0.2, -0.15) is 0 Å². The van der Waals surface area contributed by atoms with E-state index in [4.69, 9.17) is 5.73 Å². The molecule has 2 nitrogen and oxygen atoms in total. The highest BCUT2D eigenvalue weighted by molar-refractivity contribution is 5.85. The maximum atomic E-state index is 5.66. The van der Waals surface area contributed by atoms with Crippen LogP contribution in [0, 0.1) is 5.92 Å². The van der Waals surface area contributed by atoms with Crippen molar-refractivity contribution in [1.29, 1.82) is 0 Å². The summed E-state index contributed by atoms with van der Waals surface area (Å²) in [6, 6.07) is 0.948. The standard InChI is InChI=1S/C9H18N2.2ClH/c10-6-8-2-1-5-11(7-8)9-3-4-9;;/h8-9H,1-7,10H2;2*1H.